The minimum atomic E-state index is -5.36. The summed E-state index contributed by atoms with van der Waals surface area (Å²) in [6.45, 7) is -5.55. The summed E-state index contributed by atoms with van der Waals surface area (Å²) in [4.78, 5) is 145. The first-order valence-corrected chi connectivity index (χ1v) is 24.0. The second-order valence-electron chi connectivity index (χ2n) is 13.1. The molecule has 4 saturated heterocycles. The van der Waals surface area contributed by atoms with Gasteiger partial charge in [-0.3, -0.25) is 38.4 Å². The third-order valence-corrected chi connectivity index (χ3v) is 14.1. The fourth-order valence-electron chi connectivity index (χ4n) is 5.74. The van der Waals surface area contributed by atoms with Gasteiger partial charge in [-0.1, -0.05) is 28.0 Å². The Kier molecular flexibility index (Phi) is 20.5. The Balaban J connectivity index is 0.00000793. The van der Waals surface area contributed by atoms with Crippen molar-refractivity contribution in [3.8, 4) is 0 Å². The van der Waals surface area contributed by atoms with Crippen molar-refractivity contribution in [3.05, 3.63) is 0 Å². The van der Waals surface area contributed by atoms with E-state index in [-0.39, 0.29) is 116 Å². The number of thioether (sulfide) groups is 1. The average Bonchev–Trinajstić information content (AvgIpc) is 3.93. The van der Waals surface area contributed by atoms with Crippen LogP contribution in [0.1, 0.15) is 50.4 Å². The van der Waals surface area contributed by atoms with Crippen molar-refractivity contribution in [3.63, 3.8) is 0 Å². The summed E-state index contributed by atoms with van der Waals surface area (Å²) >= 11 is 1.68. The topological polar surface area (TPSA) is 399 Å². The Labute approximate surface area is 426 Å². The van der Waals surface area contributed by atoms with Crippen LogP contribution in [0.15, 0.2) is 0 Å². The molecule has 0 saturated carbocycles. The van der Waals surface area contributed by atoms with Gasteiger partial charge in [0.2, 0.25) is 11.8 Å². The molecule has 27 nitrogen and oxygen atoms in total. The molecule has 4 fully saturated rings. The van der Waals surface area contributed by atoms with Crippen LogP contribution in [0.2, 0.25) is 0 Å². The van der Waals surface area contributed by atoms with E-state index in [1.54, 1.807) is 22.4 Å². The van der Waals surface area contributed by atoms with Gasteiger partial charge in [-0.25, -0.2) is 31.2 Å². The molecule has 0 aliphatic carbocycles. The van der Waals surface area contributed by atoms with E-state index < -0.39 is 141 Å². The number of imide groups is 2. The molecule has 2 unspecified atom stereocenters. The van der Waals surface area contributed by atoms with Crippen molar-refractivity contribution in [1.82, 2.24) is 42.0 Å². The monoisotopic (exact) mass is 1020 g/mol. The Morgan fingerprint density at radius 1 is 0.781 bits per heavy atom. The smallest absolute Gasteiger partial charge is 0.747 e. The van der Waals surface area contributed by atoms with E-state index in [4.69, 9.17) is 5.48 Å². The van der Waals surface area contributed by atoms with Gasteiger partial charge in [0.05, 0.1) is 27.7 Å². The minimum Gasteiger partial charge on any atom is -0.747 e. The number of nitrogens with zero attached hydrogens (tertiary/aromatic N) is 2. The van der Waals surface area contributed by atoms with Crippen LogP contribution in [0.25, 0.3) is 0 Å². The van der Waals surface area contributed by atoms with Gasteiger partial charge in [0.15, 0.2) is 6.04 Å². The maximum absolute atomic E-state index is 13.1. The summed E-state index contributed by atoms with van der Waals surface area (Å²) in [6, 6.07) is -2.67. The van der Waals surface area contributed by atoms with Crippen molar-refractivity contribution >= 4 is 119 Å². The molecule has 0 radical (unpaired) electrons. The Hall–Kier alpha value is -2.76. The first kappa shape index (κ1) is 50.6. The van der Waals surface area contributed by atoms with Crippen LogP contribution in [0.3, 0.4) is 0 Å². The van der Waals surface area contributed by atoms with Gasteiger partial charge in [0.25, 0.3) is 35.4 Å². The number of amides is 10. The molecule has 4 aliphatic heterocycles. The molecule has 0 bridgehead atoms. The molecule has 0 aromatic carbocycles. The summed E-state index contributed by atoms with van der Waals surface area (Å²) in [7, 11) is -9.85. The SMILES string of the molecule is [2H]C([2H])(NC(=O)CCCC[C@@H]1SC[C@@H]2NC(=O)N[C@@H]21)C([2H])([2H])SSCCC(=O)NC(C(=O)NCC(=O)ON1C(=O)CC(S(=O)(=O)[O-])C1=O)C(=O)NCC(=O)ON1C(=O)CC(S(=O)(=O)[O-])C1=O.[Na+].[Na+]. The quantitative estimate of drug-likeness (QED) is 0.0105. The second kappa shape index (κ2) is 26.0. The number of carbonyl (C=O) groups excluding carboxylic acids is 11. The molecule has 5 atom stereocenters. The van der Waals surface area contributed by atoms with E-state index in [2.05, 4.69) is 20.3 Å². The zero-order valence-corrected chi connectivity index (χ0v) is 41.5. The van der Waals surface area contributed by atoms with Crippen LogP contribution in [-0.2, 0) is 77.9 Å². The first-order valence-electron chi connectivity index (χ1n) is 19.7. The fourth-order valence-corrected chi connectivity index (χ4v) is 9.97. The number of hydrogen-bond acceptors (Lipinski definition) is 22. The third-order valence-electron chi connectivity index (χ3n) is 8.70. The summed E-state index contributed by atoms with van der Waals surface area (Å²) in [5, 5.41) is 7.75. The predicted octanol–water partition coefficient (Wildman–Crippen LogP) is -11.4. The number of hydroxylamine groups is 4. The van der Waals surface area contributed by atoms with Gasteiger partial charge < -0.3 is 50.7 Å². The molecule has 10 amide bonds. The first-order chi connectivity index (χ1) is 30.5. The van der Waals surface area contributed by atoms with Crippen LogP contribution in [0.4, 0.5) is 4.79 Å². The molecule has 0 aromatic rings. The molecule has 0 spiro atoms. The van der Waals surface area contributed by atoms with Crippen LogP contribution >= 0.6 is 33.3 Å². The van der Waals surface area contributed by atoms with Gasteiger partial charge >= 0.3 is 77.1 Å². The van der Waals surface area contributed by atoms with Crippen molar-refractivity contribution < 1.29 is 153 Å². The second-order valence-corrected chi connectivity index (χ2v) is 19.7. The molecule has 4 aliphatic rings. The van der Waals surface area contributed by atoms with Gasteiger partial charge in [-0.05, 0) is 12.8 Å². The predicted molar refractivity (Wildman–Crippen MR) is 207 cm³/mol. The van der Waals surface area contributed by atoms with Crippen LogP contribution in [0.5, 0.6) is 0 Å². The van der Waals surface area contributed by atoms with Gasteiger partial charge in [0.1, 0.15) is 43.8 Å². The molecule has 6 N–H and O–H groups in total. The van der Waals surface area contributed by atoms with E-state index in [1.807, 2.05) is 10.6 Å². The molecule has 34 heteroatoms. The Morgan fingerprint density at radius 3 is 1.81 bits per heavy atom. The molecule has 64 heavy (non-hydrogen) atoms. The summed E-state index contributed by atoms with van der Waals surface area (Å²) < 4.78 is 100. The van der Waals surface area contributed by atoms with E-state index in [0.29, 0.717) is 30.1 Å². The van der Waals surface area contributed by atoms with Gasteiger partial charge in [-0.2, -0.15) is 11.8 Å². The van der Waals surface area contributed by atoms with E-state index >= 15 is 0 Å². The maximum Gasteiger partial charge on any atom is 1.00 e. The molecule has 0 aromatic heterocycles. The fraction of sp³-hybridized carbons (Fsp3) is 0.633. The summed E-state index contributed by atoms with van der Waals surface area (Å²) in [5.74, 6) is -14.3. The number of fused-ring (bicyclic) bond motifs is 1. The average molecular weight is 1030 g/mol. The summed E-state index contributed by atoms with van der Waals surface area (Å²) in [5.41, 5.74) is -2.80. The van der Waals surface area contributed by atoms with Crippen molar-refractivity contribution in [2.45, 2.75) is 78.8 Å². The Morgan fingerprint density at radius 2 is 1.31 bits per heavy atom. The third kappa shape index (κ3) is 16.8. The van der Waals surface area contributed by atoms with Crippen LogP contribution in [0, 0.1) is 0 Å². The van der Waals surface area contributed by atoms with Crippen molar-refractivity contribution in [2.24, 2.45) is 0 Å². The molecule has 344 valence electrons. The number of unbranched alkanes of at least 4 members (excludes halogenated alkanes) is 1. The zero-order valence-electron chi connectivity index (χ0n) is 37.4. The van der Waals surface area contributed by atoms with Crippen molar-refractivity contribution in [1.29, 1.82) is 0 Å². The molecular weight excluding hydrogens is 983 g/mol. The van der Waals surface area contributed by atoms with E-state index in [9.17, 15) is 78.7 Å². The number of hydrogen-bond donors (Lipinski definition) is 6. The van der Waals surface area contributed by atoms with E-state index in [0.717, 1.165) is 5.75 Å². The van der Waals surface area contributed by atoms with Gasteiger partial charge in [0, 0.05) is 44.5 Å². The number of rotatable bonds is 23. The number of nitrogens with one attached hydrogen (secondary N) is 6. The zero-order chi connectivity index (χ0) is 49.5. The maximum atomic E-state index is 13.1. The van der Waals surface area contributed by atoms with Crippen LogP contribution < -0.4 is 91.0 Å². The summed E-state index contributed by atoms with van der Waals surface area (Å²) in [6.07, 6.45) is -1.52. The molecular formula is C30H38N8Na2O19S5. The largest absolute Gasteiger partial charge is 1.00 e. The van der Waals surface area contributed by atoms with Gasteiger partial charge in [-0.15, -0.1) is 10.1 Å². The van der Waals surface area contributed by atoms with Crippen LogP contribution in [-0.4, -0.2) is 172 Å². The normalized spacial score (nSPS) is 23.3. The standard InChI is InChI=1S/C30H40N8O19S5.2Na/c39-18(4-2-1-3-15-24-14(13-58-15)34-30(49)36-24)31-6-8-60-59-7-5-19(40)35-25(26(45)32-11-22(43)56-37-20(41)9-16(28(37)47)61(50,51)52)27(46)33-12-23(44)57-38-21(42)10-17(29(38)48)62(53,54)55;;/h14-17,24-25H,1-13H2,(H,31,39)(H,32,45)(H,33,46)(H,35,40)(H2,34,36,49)(H,50,51,52)(H,53,54,55);;/q;2*+1/p-2/t14-,15-,16?,17?,24-,25?;;/m0../s1/i6D2,8D2;;. The minimum absolute atomic E-state index is 0. The van der Waals surface area contributed by atoms with Crippen molar-refractivity contribution in [2.75, 3.05) is 36.8 Å². The van der Waals surface area contributed by atoms with E-state index in [1.165, 1.54) is 0 Å². The Bertz CT molecular complexity index is 2170. The number of carbonyl (C=O) groups is 11. The number of urea groups is 1. The molecule has 4 rings (SSSR count). The molecule has 4 heterocycles.